The third-order valence-electron chi connectivity index (χ3n) is 4.19. The van der Waals surface area contributed by atoms with Gasteiger partial charge in [-0.15, -0.1) is 0 Å². The van der Waals surface area contributed by atoms with Gasteiger partial charge < -0.3 is 5.32 Å². The molecule has 1 fully saturated rings. The van der Waals surface area contributed by atoms with E-state index < -0.39 is 0 Å². The van der Waals surface area contributed by atoms with Crippen molar-refractivity contribution in [2.24, 2.45) is 0 Å². The Morgan fingerprint density at radius 1 is 1.04 bits per heavy atom. The Kier molecular flexibility index (Phi) is 4.76. The standard InChI is InChI=1S/C20H20N2OS/c1-3-14-9-11-15(12-10-14)13-17-19(23)22(20(24)21-17)18-8-6-5-7-16(18)4-2/h5-13H,3-4H2,1-2H3,(H,21,24)/b17-13+. The molecule has 2 aromatic carbocycles. The summed E-state index contributed by atoms with van der Waals surface area (Å²) in [5, 5.41) is 3.48. The molecule has 1 N–H and O–H groups in total. The van der Waals surface area contributed by atoms with Crippen LogP contribution in [-0.4, -0.2) is 11.0 Å². The Balaban J connectivity index is 1.92. The number of anilines is 1. The van der Waals surface area contributed by atoms with Crippen molar-refractivity contribution in [2.45, 2.75) is 26.7 Å². The fraction of sp³-hybridized carbons (Fsp3) is 0.200. The molecule has 2 aromatic rings. The average molecular weight is 336 g/mol. The number of hydrogen-bond acceptors (Lipinski definition) is 2. The highest BCUT2D eigenvalue weighted by Gasteiger charge is 2.32. The largest absolute Gasteiger partial charge is 0.327 e. The van der Waals surface area contributed by atoms with Gasteiger partial charge in [0.2, 0.25) is 0 Å². The first-order chi connectivity index (χ1) is 11.6. The van der Waals surface area contributed by atoms with Gasteiger partial charge in [0.05, 0.1) is 5.69 Å². The number of nitrogens with zero attached hydrogens (tertiary/aromatic N) is 1. The highest BCUT2D eigenvalue weighted by atomic mass is 32.1. The van der Waals surface area contributed by atoms with Crippen molar-refractivity contribution in [3.05, 3.63) is 70.9 Å². The van der Waals surface area contributed by atoms with Gasteiger partial charge in [-0.2, -0.15) is 0 Å². The number of aryl methyl sites for hydroxylation is 2. The summed E-state index contributed by atoms with van der Waals surface area (Å²) in [5.74, 6) is -0.111. The first-order valence-corrected chi connectivity index (χ1v) is 8.58. The van der Waals surface area contributed by atoms with E-state index in [0.717, 1.165) is 29.7 Å². The Morgan fingerprint density at radius 3 is 2.42 bits per heavy atom. The molecule has 3 nitrogen and oxygen atoms in total. The van der Waals surface area contributed by atoms with Crippen molar-refractivity contribution < 1.29 is 4.79 Å². The number of carbonyl (C=O) groups is 1. The quantitative estimate of drug-likeness (QED) is 0.675. The molecule has 1 saturated heterocycles. The third-order valence-corrected chi connectivity index (χ3v) is 4.48. The van der Waals surface area contributed by atoms with Crippen molar-refractivity contribution in [1.82, 2.24) is 5.32 Å². The molecule has 0 aliphatic carbocycles. The Hall–Kier alpha value is -2.46. The first-order valence-electron chi connectivity index (χ1n) is 8.18. The van der Waals surface area contributed by atoms with Crippen LogP contribution >= 0.6 is 12.2 Å². The van der Waals surface area contributed by atoms with Crippen molar-refractivity contribution in [3.8, 4) is 0 Å². The van der Waals surface area contributed by atoms with Crippen LogP contribution in [0.4, 0.5) is 5.69 Å². The lowest BCUT2D eigenvalue weighted by atomic mass is 10.1. The number of benzene rings is 2. The van der Waals surface area contributed by atoms with Gasteiger partial charge in [-0.25, -0.2) is 0 Å². The van der Waals surface area contributed by atoms with E-state index in [9.17, 15) is 4.79 Å². The maximum absolute atomic E-state index is 12.8. The third kappa shape index (κ3) is 3.10. The molecule has 0 radical (unpaired) electrons. The summed E-state index contributed by atoms with van der Waals surface area (Å²) in [6, 6.07) is 16.1. The van der Waals surface area contributed by atoms with Crippen molar-refractivity contribution >= 4 is 35.0 Å². The summed E-state index contributed by atoms with van der Waals surface area (Å²) >= 11 is 5.39. The lowest BCUT2D eigenvalue weighted by molar-refractivity contribution is -0.113. The van der Waals surface area contributed by atoms with E-state index in [1.165, 1.54) is 5.56 Å². The predicted octanol–water partition coefficient (Wildman–Crippen LogP) is 4.07. The molecule has 0 atom stereocenters. The second kappa shape index (κ2) is 6.97. The number of amides is 1. The topological polar surface area (TPSA) is 32.3 Å². The monoisotopic (exact) mass is 336 g/mol. The van der Waals surface area contributed by atoms with E-state index in [1.807, 2.05) is 42.5 Å². The van der Waals surface area contributed by atoms with E-state index in [-0.39, 0.29) is 5.91 Å². The van der Waals surface area contributed by atoms with E-state index >= 15 is 0 Å². The summed E-state index contributed by atoms with van der Waals surface area (Å²) in [5.41, 5.74) is 4.72. The van der Waals surface area contributed by atoms with E-state index in [1.54, 1.807) is 4.90 Å². The predicted molar refractivity (Wildman–Crippen MR) is 103 cm³/mol. The molecule has 4 heteroatoms. The van der Waals surface area contributed by atoms with Crippen LogP contribution in [0.1, 0.15) is 30.5 Å². The number of hydrogen-bond donors (Lipinski definition) is 1. The minimum absolute atomic E-state index is 0.111. The van der Waals surface area contributed by atoms with Gasteiger partial charge in [-0.1, -0.05) is 56.3 Å². The lowest BCUT2D eigenvalue weighted by Crippen LogP contribution is -2.31. The smallest absolute Gasteiger partial charge is 0.281 e. The van der Waals surface area contributed by atoms with Crippen LogP contribution in [0.15, 0.2) is 54.2 Å². The molecule has 122 valence electrons. The van der Waals surface area contributed by atoms with Crippen molar-refractivity contribution in [1.29, 1.82) is 0 Å². The maximum atomic E-state index is 12.8. The van der Waals surface area contributed by atoms with Gasteiger partial charge in [0.15, 0.2) is 5.11 Å². The fourth-order valence-electron chi connectivity index (χ4n) is 2.80. The summed E-state index contributed by atoms with van der Waals surface area (Å²) in [6.45, 7) is 4.19. The van der Waals surface area contributed by atoms with Gasteiger partial charge in [-0.3, -0.25) is 9.69 Å². The van der Waals surface area contributed by atoms with Gasteiger partial charge in [0.25, 0.3) is 5.91 Å². The van der Waals surface area contributed by atoms with Gasteiger partial charge in [0.1, 0.15) is 5.70 Å². The molecule has 0 bridgehead atoms. The van der Waals surface area contributed by atoms with Gasteiger partial charge in [0, 0.05) is 0 Å². The number of nitrogens with one attached hydrogen (secondary N) is 1. The Bertz CT molecular complexity index is 809. The van der Waals surface area contributed by atoms with Crippen LogP contribution in [0, 0.1) is 0 Å². The second-order valence-corrected chi connectivity index (χ2v) is 6.09. The molecule has 1 heterocycles. The molecule has 0 unspecified atom stereocenters. The number of thiocarbonyl (C=S) groups is 1. The second-order valence-electron chi connectivity index (χ2n) is 5.71. The molecule has 24 heavy (non-hydrogen) atoms. The summed E-state index contributed by atoms with van der Waals surface area (Å²) in [4.78, 5) is 14.4. The normalized spacial score (nSPS) is 15.9. The molecular weight excluding hydrogens is 316 g/mol. The van der Waals surface area contributed by atoms with Crippen molar-refractivity contribution in [3.63, 3.8) is 0 Å². The van der Waals surface area contributed by atoms with E-state index in [2.05, 4.69) is 31.3 Å². The number of carbonyl (C=O) groups excluding carboxylic acids is 1. The Morgan fingerprint density at radius 2 is 1.75 bits per heavy atom. The SMILES string of the molecule is CCc1ccc(/C=C2/NC(=S)N(c3ccccc3CC)C2=O)cc1. The van der Waals surface area contributed by atoms with Crippen molar-refractivity contribution in [2.75, 3.05) is 4.90 Å². The van der Waals surface area contributed by atoms with Crippen LogP contribution in [0.5, 0.6) is 0 Å². The summed E-state index contributed by atoms with van der Waals surface area (Å²) in [7, 11) is 0. The minimum Gasteiger partial charge on any atom is -0.327 e. The highest BCUT2D eigenvalue weighted by Crippen LogP contribution is 2.26. The lowest BCUT2D eigenvalue weighted by Gasteiger charge is -2.17. The minimum atomic E-state index is -0.111. The maximum Gasteiger partial charge on any atom is 0.281 e. The van der Waals surface area contributed by atoms with Crippen LogP contribution in [0.2, 0.25) is 0 Å². The molecule has 1 aliphatic heterocycles. The van der Waals surface area contributed by atoms with Crippen LogP contribution in [0.3, 0.4) is 0 Å². The first kappa shape index (κ1) is 16.4. The zero-order valence-electron chi connectivity index (χ0n) is 13.9. The van der Waals surface area contributed by atoms with Gasteiger partial charge in [-0.05, 0) is 53.9 Å². The zero-order chi connectivity index (χ0) is 17.1. The number of rotatable bonds is 4. The molecule has 1 aliphatic rings. The Labute approximate surface area is 148 Å². The van der Waals surface area contributed by atoms with Crippen LogP contribution in [-0.2, 0) is 17.6 Å². The summed E-state index contributed by atoms with van der Waals surface area (Å²) < 4.78 is 0. The molecule has 1 amide bonds. The van der Waals surface area contributed by atoms with Crippen LogP contribution in [0.25, 0.3) is 6.08 Å². The van der Waals surface area contributed by atoms with Gasteiger partial charge >= 0.3 is 0 Å². The van der Waals surface area contributed by atoms with Crippen LogP contribution < -0.4 is 10.2 Å². The molecule has 0 spiro atoms. The molecule has 3 rings (SSSR count). The zero-order valence-corrected chi connectivity index (χ0v) is 14.7. The molecular formula is C20H20N2OS. The summed E-state index contributed by atoms with van der Waals surface area (Å²) in [6.07, 6.45) is 3.70. The van der Waals surface area contributed by atoms with E-state index in [4.69, 9.17) is 12.2 Å². The fourth-order valence-corrected chi connectivity index (χ4v) is 3.09. The molecule has 0 saturated carbocycles. The highest BCUT2D eigenvalue weighted by molar-refractivity contribution is 7.80. The number of para-hydroxylation sites is 1. The molecule has 0 aromatic heterocycles. The average Bonchev–Trinajstić information content (AvgIpc) is 2.89. The van der Waals surface area contributed by atoms with E-state index in [0.29, 0.717) is 10.8 Å².